The Hall–Kier alpha value is -1.33. The first-order valence-electron chi connectivity index (χ1n) is 15.5. The van der Waals surface area contributed by atoms with Crippen molar-refractivity contribution in [3.05, 3.63) is 5.92 Å². The summed E-state index contributed by atoms with van der Waals surface area (Å²) in [5, 5.41) is 0. The van der Waals surface area contributed by atoms with Gasteiger partial charge in [0, 0.05) is 0 Å². The van der Waals surface area contributed by atoms with Gasteiger partial charge in [0.1, 0.15) is 0 Å². The minimum atomic E-state index is -8.89. The zero-order chi connectivity index (χ0) is 38.1. The second-order valence-corrected chi connectivity index (χ2v) is 11.7. The molecule has 0 aliphatic heterocycles. The van der Waals surface area contributed by atoms with E-state index in [1.54, 1.807) is 0 Å². The molecular formula is C29H40F19. The Kier molecular flexibility index (Phi) is 16.8. The Morgan fingerprint density at radius 1 is 0.312 bits per heavy atom. The highest BCUT2D eigenvalue weighted by atomic mass is 19.4. The molecule has 1 radical (unpaired) electrons. The molecule has 0 spiro atoms. The summed E-state index contributed by atoms with van der Waals surface area (Å²) in [6, 6.07) is 0. The third-order valence-electron chi connectivity index (χ3n) is 8.07. The molecule has 0 aliphatic carbocycles. The molecule has 0 unspecified atom stereocenters. The summed E-state index contributed by atoms with van der Waals surface area (Å²) in [7, 11) is 0. The van der Waals surface area contributed by atoms with E-state index < -0.39 is 78.7 Å². The van der Waals surface area contributed by atoms with E-state index in [0.717, 1.165) is 51.4 Å². The van der Waals surface area contributed by atoms with Crippen LogP contribution in [0.4, 0.5) is 83.4 Å². The van der Waals surface area contributed by atoms with E-state index in [4.69, 9.17) is 0 Å². The molecule has 19 heteroatoms. The number of halogens is 19. The fourth-order valence-corrected chi connectivity index (χ4v) is 4.85. The fraction of sp³-hybridized carbons (Fsp3) is 0.966. The number of alkyl halides is 19. The lowest BCUT2D eigenvalue weighted by Gasteiger charge is -2.44. The quantitative estimate of drug-likeness (QED) is 0.0644. The molecule has 0 bridgehead atoms. The average molecular weight is 750 g/mol. The predicted molar refractivity (Wildman–Crippen MR) is 139 cm³/mol. The molecule has 0 aromatic rings. The van der Waals surface area contributed by atoms with Gasteiger partial charge in [0.05, 0.1) is 5.92 Å². The zero-order valence-corrected chi connectivity index (χ0v) is 26.2. The summed E-state index contributed by atoms with van der Waals surface area (Å²) in [6.07, 6.45) is 1.44. The van der Waals surface area contributed by atoms with E-state index in [1.807, 2.05) is 0 Å². The van der Waals surface area contributed by atoms with Gasteiger partial charge >= 0.3 is 53.6 Å². The van der Waals surface area contributed by atoms with E-state index in [2.05, 4.69) is 6.92 Å². The predicted octanol–water partition coefficient (Wildman–Crippen LogP) is 13.9. The molecular weight excluding hydrogens is 709 g/mol. The molecule has 0 atom stereocenters. The van der Waals surface area contributed by atoms with Crippen LogP contribution < -0.4 is 0 Å². The van der Waals surface area contributed by atoms with Crippen LogP contribution in [-0.4, -0.2) is 53.6 Å². The van der Waals surface area contributed by atoms with Crippen LogP contribution in [0.2, 0.25) is 0 Å². The van der Waals surface area contributed by atoms with Crippen LogP contribution in [0.25, 0.3) is 0 Å². The first-order chi connectivity index (χ1) is 21.5. The van der Waals surface area contributed by atoms with E-state index in [9.17, 15) is 83.4 Å². The van der Waals surface area contributed by atoms with Crippen LogP contribution in [0.3, 0.4) is 0 Å². The molecule has 289 valence electrons. The second-order valence-electron chi connectivity index (χ2n) is 11.7. The van der Waals surface area contributed by atoms with Gasteiger partial charge in [0.2, 0.25) is 0 Å². The van der Waals surface area contributed by atoms with Crippen LogP contribution in [0.1, 0.15) is 123 Å². The SMILES string of the molecule is CCCCCCCCCCCCCCCCC[C](CC)C(F)(F)C(F)(F)C(F)(F)C(F)(F)C(F)(F)C(F)(F)C(F)(F)C(F)(F)C(F)(F)F. The van der Waals surface area contributed by atoms with Gasteiger partial charge in [0.15, 0.2) is 0 Å². The maximum Gasteiger partial charge on any atom is 0.460 e. The minimum Gasteiger partial charge on any atom is -0.199 e. The summed E-state index contributed by atoms with van der Waals surface area (Å²) in [5.74, 6) is -68.1. The maximum absolute atomic E-state index is 14.6. The summed E-state index contributed by atoms with van der Waals surface area (Å²) >= 11 is 0. The molecule has 0 rings (SSSR count). The van der Waals surface area contributed by atoms with Crippen molar-refractivity contribution < 1.29 is 83.4 Å². The first-order valence-corrected chi connectivity index (χ1v) is 15.5. The Labute approximate surface area is 266 Å². The molecule has 0 saturated heterocycles. The van der Waals surface area contributed by atoms with Gasteiger partial charge in [0.25, 0.3) is 0 Å². The van der Waals surface area contributed by atoms with Crippen molar-refractivity contribution >= 4 is 0 Å². The molecule has 0 saturated carbocycles. The molecule has 0 nitrogen and oxygen atoms in total. The molecule has 0 heterocycles. The molecule has 0 fully saturated rings. The fourth-order valence-electron chi connectivity index (χ4n) is 4.85. The highest BCUT2D eigenvalue weighted by molar-refractivity contribution is 5.20. The van der Waals surface area contributed by atoms with Gasteiger partial charge < -0.3 is 0 Å². The summed E-state index contributed by atoms with van der Waals surface area (Å²) < 4.78 is 258. The van der Waals surface area contributed by atoms with Crippen LogP contribution in [0, 0.1) is 5.92 Å². The van der Waals surface area contributed by atoms with Crippen molar-refractivity contribution in [3.63, 3.8) is 0 Å². The molecule has 0 aromatic carbocycles. The highest BCUT2D eigenvalue weighted by Crippen LogP contribution is 2.66. The standard InChI is InChI=1S/C29H40F19/c1-3-5-6-7-8-9-10-11-12-13-14-15-16-17-18-19-20(4-2)21(30,31)22(32,33)23(34,35)24(36,37)25(38,39)26(40,41)27(42,43)28(44,45)29(46,47)48/h3-19H2,1-2H3. The molecule has 48 heavy (non-hydrogen) atoms. The topological polar surface area (TPSA) is 0 Å². The molecule has 0 aliphatic rings. The van der Waals surface area contributed by atoms with E-state index in [-0.39, 0.29) is 6.42 Å². The summed E-state index contributed by atoms with van der Waals surface area (Å²) in [4.78, 5) is 0. The largest absolute Gasteiger partial charge is 0.460 e. The third kappa shape index (κ3) is 9.31. The van der Waals surface area contributed by atoms with Crippen LogP contribution >= 0.6 is 0 Å². The highest BCUT2D eigenvalue weighted by Gasteiger charge is 2.96. The van der Waals surface area contributed by atoms with Crippen molar-refractivity contribution in [2.45, 2.75) is 177 Å². The molecule has 0 aromatic heterocycles. The Morgan fingerprint density at radius 2 is 0.562 bits per heavy atom. The normalized spacial score (nSPS) is 15.1. The number of hydrogen-bond donors (Lipinski definition) is 0. The zero-order valence-electron chi connectivity index (χ0n) is 26.2. The van der Waals surface area contributed by atoms with Crippen molar-refractivity contribution in [2.24, 2.45) is 0 Å². The third-order valence-corrected chi connectivity index (χ3v) is 8.07. The van der Waals surface area contributed by atoms with Gasteiger partial charge in [-0.15, -0.1) is 0 Å². The number of unbranched alkanes of at least 4 members (excludes halogenated alkanes) is 14. The lowest BCUT2D eigenvalue weighted by molar-refractivity contribution is -0.468. The Morgan fingerprint density at radius 3 is 0.833 bits per heavy atom. The molecule has 0 amide bonds. The van der Waals surface area contributed by atoms with Crippen molar-refractivity contribution in [3.8, 4) is 0 Å². The van der Waals surface area contributed by atoms with Crippen molar-refractivity contribution in [1.82, 2.24) is 0 Å². The summed E-state index contributed by atoms with van der Waals surface area (Å²) in [5.41, 5.74) is 0. The van der Waals surface area contributed by atoms with Crippen molar-refractivity contribution in [2.75, 3.05) is 0 Å². The average Bonchev–Trinajstić information content (AvgIpc) is 2.95. The van der Waals surface area contributed by atoms with E-state index >= 15 is 0 Å². The smallest absolute Gasteiger partial charge is 0.199 e. The second kappa shape index (κ2) is 17.3. The van der Waals surface area contributed by atoms with E-state index in [0.29, 0.717) is 26.2 Å². The van der Waals surface area contributed by atoms with Crippen molar-refractivity contribution in [1.29, 1.82) is 0 Å². The van der Waals surface area contributed by atoms with Gasteiger partial charge in [-0.2, -0.15) is 83.4 Å². The maximum atomic E-state index is 14.6. The van der Waals surface area contributed by atoms with Crippen LogP contribution in [-0.2, 0) is 0 Å². The van der Waals surface area contributed by atoms with Gasteiger partial charge in [-0.25, -0.2) is 0 Å². The number of hydrogen-bond acceptors (Lipinski definition) is 0. The first kappa shape index (κ1) is 46.7. The number of rotatable bonds is 25. The Bertz CT molecular complexity index is 924. The van der Waals surface area contributed by atoms with Crippen LogP contribution in [0.5, 0.6) is 0 Å². The lowest BCUT2D eigenvalue weighted by Crippen LogP contribution is -2.76. The monoisotopic (exact) mass is 749 g/mol. The van der Waals surface area contributed by atoms with E-state index in [1.165, 1.54) is 12.8 Å². The van der Waals surface area contributed by atoms with Gasteiger partial charge in [-0.1, -0.05) is 110 Å². The minimum absolute atomic E-state index is 0.0161. The molecule has 0 N–H and O–H groups in total. The van der Waals surface area contributed by atoms with Crippen LogP contribution in [0.15, 0.2) is 0 Å². The van der Waals surface area contributed by atoms with Gasteiger partial charge in [-0.05, 0) is 12.8 Å². The summed E-state index contributed by atoms with van der Waals surface area (Å²) in [6.45, 7) is 2.74. The Balaban J connectivity index is 5.48. The van der Waals surface area contributed by atoms with Gasteiger partial charge in [-0.3, -0.25) is 0 Å². The lowest BCUT2D eigenvalue weighted by atomic mass is 9.82.